The molecule has 1 saturated carbocycles. The number of nitrogens with zero attached hydrogens (tertiary/aromatic N) is 1. The maximum atomic E-state index is 11.8. The predicted molar refractivity (Wildman–Crippen MR) is 64.5 cm³/mol. The molecule has 4 heteroatoms. The van der Waals surface area contributed by atoms with Crippen molar-refractivity contribution >= 4 is 5.91 Å². The molecule has 2 N–H and O–H groups in total. The van der Waals surface area contributed by atoms with Gasteiger partial charge in [-0.05, 0) is 38.5 Å². The van der Waals surface area contributed by atoms with Crippen molar-refractivity contribution in [1.29, 1.82) is 0 Å². The van der Waals surface area contributed by atoms with E-state index in [1.807, 2.05) is 0 Å². The van der Waals surface area contributed by atoms with E-state index in [0.29, 0.717) is 30.5 Å². The molecule has 4 nitrogen and oxygen atoms in total. The SMILES string of the molecule is O=C1CC(NC2CCC(O)CC2)C2CCCN12. The molecule has 0 radical (unpaired) electrons. The fourth-order valence-electron chi connectivity index (χ4n) is 3.68. The lowest BCUT2D eigenvalue weighted by Crippen LogP contribution is -2.46. The number of rotatable bonds is 2. The van der Waals surface area contributed by atoms with Crippen molar-refractivity contribution in [3.63, 3.8) is 0 Å². The Morgan fingerprint density at radius 2 is 1.94 bits per heavy atom. The smallest absolute Gasteiger partial charge is 0.224 e. The molecule has 0 bridgehead atoms. The summed E-state index contributed by atoms with van der Waals surface area (Å²) in [5.41, 5.74) is 0. The number of amides is 1. The van der Waals surface area contributed by atoms with Crippen LogP contribution < -0.4 is 5.32 Å². The van der Waals surface area contributed by atoms with E-state index in [2.05, 4.69) is 10.2 Å². The van der Waals surface area contributed by atoms with E-state index in [0.717, 1.165) is 38.6 Å². The fraction of sp³-hybridized carbons (Fsp3) is 0.923. The molecule has 2 atom stereocenters. The molecule has 2 unspecified atom stereocenters. The van der Waals surface area contributed by atoms with Crippen molar-refractivity contribution in [3.8, 4) is 0 Å². The van der Waals surface area contributed by atoms with E-state index in [1.165, 1.54) is 6.42 Å². The molecule has 3 aliphatic rings. The van der Waals surface area contributed by atoms with Gasteiger partial charge in [0, 0.05) is 31.1 Å². The molecule has 2 heterocycles. The molecule has 0 aromatic heterocycles. The first-order valence-corrected chi connectivity index (χ1v) is 6.97. The monoisotopic (exact) mass is 238 g/mol. The first-order chi connectivity index (χ1) is 8.24. The van der Waals surface area contributed by atoms with Gasteiger partial charge in [0.15, 0.2) is 0 Å². The van der Waals surface area contributed by atoms with Gasteiger partial charge in [0.25, 0.3) is 0 Å². The maximum absolute atomic E-state index is 11.8. The lowest BCUT2D eigenvalue weighted by molar-refractivity contribution is -0.127. The Kier molecular flexibility index (Phi) is 3.09. The van der Waals surface area contributed by atoms with E-state index >= 15 is 0 Å². The third-order valence-corrected chi connectivity index (χ3v) is 4.63. The summed E-state index contributed by atoms with van der Waals surface area (Å²) in [4.78, 5) is 13.9. The van der Waals surface area contributed by atoms with Gasteiger partial charge in [-0.3, -0.25) is 4.79 Å². The first kappa shape index (κ1) is 11.5. The highest BCUT2D eigenvalue weighted by Gasteiger charge is 2.42. The minimum absolute atomic E-state index is 0.0961. The number of fused-ring (bicyclic) bond motifs is 1. The molecule has 1 aliphatic carbocycles. The Labute approximate surface area is 102 Å². The highest BCUT2D eigenvalue weighted by Crippen LogP contribution is 2.30. The summed E-state index contributed by atoms with van der Waals surface area (Å²) >= 11 is 0. The molecule has 1 amide bonds. The van der Waals surface area contributed by atoms with Crippen LogP contribution in [0.15, 0.2) is 0 Å². The molecule has 0 aromatic rings. The average molecular weight is 238 g/mol. The number of hydrogen-bond donors (Lipinski definition) is 2. The zero-order valence-electron chi connectivity index (χ0n) is 10.3. The average Bonchev–Trinajstić information content (AvgIpc) is 2.88. The van der Waals surface area contributed by atoms with Crippen LogP contribution in [0.5, 0.6) is 0 Å². The topological polar surface area (TPSA) is 52.6 Å². The molecule has 3 fully saturated rings. The Bertz CT molecular complexity index is 300. The summed E-state index contributed by atoms with van der Waals surface area (Å²) in [7, 11) is 0. The highest BCUT2D eigenvalue weighted by atomic mass is 16.3. The second-order valence-corrected chi connectivity index (χ2v) is 5.78. The number of carbonyl (C=O) groups is 1. The summed E-state index contributed by atoms with van der Waals surface area (Å²) in [6, 6.07) is 1.33. The Balaban J connectivity index is 1.57. The third-order valence-electron chi connectivity index (χ3n) is 4.63. The lowest BCUT2D eigenvalue weighted by atomic mass is 9.92. The molecule has 3 rings (SSSR count). The minimum Gasteiger partial charge on any atom is -0.393 e. The Hall–Kier alpha value is -0.610. The third kappa shape index (κ3) is 2.20. The zero-order valence-corrected chi connectivity index (χ0v) is 10.3. The standard InChI is InChI=1S/C13H22N2O2/c16-10-5-3-9(4-6-10)14-11-8-13(17)15-7-1-2-12(11)15/h9-12,14,16H,1-8H2. The quantitative estimate of drug-likeness (QED) is 0.742. The fourth-order valence-corrected chi connectivity index (χ4v) is 3.68. The zero-order chi connectivity index (χ0) is 11.8. The second-order valence-electron chi connectivity index (χ2n) is 5.78. The van der Waals surface area contributed by atoms with Crippen molar-refractivity contribution in [3.05, 3.63) is 0 Å². The molecular weight excluding hydrogens is 216 g/mol. The van der Waals surface area contributed by atoms with Crippen LogP contribution in [-0.4, -0.2) is 46.7 Å². The number of nitrogens with one attached hydrogen (secondary N) is 1. The van der Waals surface area contributed by atoms with Gasteiger partial charge in [0.2, 0.25) is 5.91 Å². The van der Waals surface area contributed by atoms with Gasteiger partial charge in [-0.25, -0.2) is 0 Å². The summed E-state index contributed by atoms with van der Waals surface area (Å²) in [5, 5.41) is 13.2. The molecule has 96 valence electrons. The number of carbonyl (C=O) groups excluding carboxylic acids is 1. The second kappa shape index (κ2) is 4.58. The van der Waals surface area contributed by atoms with Crippen LogP contribution in [0.3, 0.4) is 0 Å². The van der Waals surface area contributed by atoms with Crippen molar-refractivity contribution in [2.24, 2.45) is 0 Å². The summed E-state index contributed by atoms with van der Waals surface area (Å²) in [6.45, 7) is 0.963. The van der Waals surface area contributed by atoms with Gasteiger partial charge in [-0.2, -0.15) is 0 Å². The van der Waals surface area contributed by atoms with E-state index < -0.39 is 0 Å². The van der Waals surface area contributed by atoms with Crippen LogP contribution in [0.2, 0.25) is 0 Å². The van der Waals surface area contributed by atoms with Gasteiger partial charge < -0.3 is 15.3 Å². The van der Waals surface area contributed by atoms with Gasteiger partial charge in [-0.15, -0.1) is 0 Å². The van der Waals surface area contributed by atoms with Crippen molar-refractivity contribution in [1.82, 2.24) is 10.2 Å². The number of aliphatic hydroxyl groups excluding tert-OH is 1. The van der Waals surface area contributed by atoms with Crippen molar-refractivity contribution in [2.75, 3.05) is 6.54 Å². The van der Waals surface area contributed by atoms with Gasteiger partial charge in [-0.1, -0.05) is 0 Å². The number of hydrogen-bond acceptors (Lipinski definition) is 3. The molecular formula is C13H22N2O2. The molecule has 2 aliphatic heterocycles. The molecule has 0 aromatic carbocycles. The minimum atomic E-state index is -0.0961. The van der Waals surface area contributed by atoms with Gasteiger partial charge in [0.05, 0.1) is 6.10 Å². The van der Waals surface area contributed by atoms with E-state index in [4.69, 9.17) is 0 Å². The lowest BCUT2D eigenvalue weighted by Gasteiger charge is -2.30. The van der Waals surface area contributed by atoms with E-state index in [1.54, 1.807) is 0 Å². The first-order valence-electron chi connectivity index (χ1n) is 6.97. The van der Waals surface area contributed by atoms with Crippen LogP contribution in [0.25, 0.3) is 0 Å². The molecule has 0 spiro atoms. The van der Waals surface area contributed by atoms with Crippen LogP contribution in [0.4, 0.5) is 0 Å². The van der Waals surface area contributed by atoms with Crippen LogP contribution in [0, 0.1) is 0 Å². The van der Waals surface area contributed by atoms with E-state index in [-0.39, 0.29) is 6.10 Å². The predicted octanol–water partition coefficient (Wildman–Crippen LogP) is 0.643. The highest BCUT2D eigenvalue weighted by molar-refractivity contribution is 5.80. The Morgan fingerprint density at radius 3 is 2.71 bits per heavy atom. The van der Waals surface area contributed by atoms with Crippen LogP contribution in [0.1, 0.15) is 44.9 Å². The maximum Gasteiger partial charge on any atom is 0.224 e. The van der Waals surface area contributed by atoms with Gasteiger partial charge in [0.1, 0.15) is 0 Å². The van der Waals surface area contributed by atoms with Crippen molar-refractivity contribution < 1.29 is 9.90 Å². The largest absolute Gasteiger partial charge is 0.393 e. The number of aliphatic hydroxyl groups is 1. The Morgan fingerprint density at radius 1 is 1.18 bits per heavy atom. The summed E-state index contributed by atoms with van der Waals surface area (Å²) in [5.74, 6) is 0.334. The van der Waals surface area contributed by atoms with Gasteiger partial charge >= 0.3 is 0 Å². The normalized spacial score (nSPS) is 41.9. The van der Waals surface area contributed by atoms with Crippen LogP contribution >= 0.6 is 0 Å². The summed E-state index contributed by atoms with van der Waals surface area (Å²) in [6.07, 6.45) is 6.85. The molecule has 17 heavy (non-hydrogen) atoms. The van der Waals surface area contributed by atoms with E-state index in [9.17, 15) is 9.90 Å². The van der Waals surface area contributed by atoms with Crippen molar-refractivity contribution in [2.45, 2.75) is 69.2 Å². The molecule has 2 saturated heterocycles. The van der Waals surface area contributed by atoms with Crippen LogP contribution in [-0.2, 0) is 4.79 Å². The summed E-state index contributed by atoms with van der Waals surface area (Å²) < 4.78 is 0.